The molecule has 0 N–H and O–H groups in total. The van der Waals surface area contributed by atoms with Crippen LogP contribution in [0, 0.1) is 0 Å². The highest BCUT2D eigenvalue weighted by Crippen LogP contribution is 2.22. The van der Waals surface area contributed by atoms with E-state index in [0.29, 0.717) is 6.54 Å². The first-order valence-corrected chi connectivity index (χ1v) is 4.16. The third-order valence-electron chi connectivity index (χ3n) is 1.63. The maximum Gasteiger partial charge on any atom is 0.403 e. The third-order valence-corrected chi connectivity index (χ3v) is 1.63. The van der Waals surface area contributed by atoms with E-state index in [1.165, 1.54) is 11.9 Å². The molecule has 0 aliphatic rings. The molecule has 0 radical (unpaired) electrons. The zero-order chi connectivity index (χ0) is 10.4. The Kier molecular flexibility index (Phi) is 7.48. The molecule has 0 amide bonds. The number of halogens is 3. The molecule has 0 aromatic heterocycles. The summed E-state index contributed by atoms with van der Waals surface area (Å²) in [6.07, 6.45) is -4.09. The van der Waals surface area contributed by atoms with Crippen LogP contribution in [0.2, 0.25) is 0 Å². The van der Waals surface area contributed by atoms with Gasteiger partial charge in [0.25, 0.3) is 0 Å². The number of hydrogen-bond acceptors (Lipinski definition) is 1. The Morgan fingerprint density at radius 3 is 1.67 bits per heavy atom. The van der Waals surface area contributed by atoms with Gasteiger partial charge >= 0.3 is 6.18 Å². The molecule has 12 heavy (non-hydrogen) atoms. The number of hydrogen-bond donors (Lipinski definition) is 0. The fourth-order valence-corrected chi connectivity index (χ4v) is 0.524. The van der Waals surface area contributed by atoms with Gasteiger partial charge in [0.05, 0.1) is 0 Å². The van der Waals surface area contributed by atoms with Crippen molar-refractivity contribution >= 4 is 0 Å². The van der Waals surface area contributed by atoms with Gasteiger partial charge in [-0.3, -0.25) is 4.90 Å². The molecule has 0 saturated carbocycles. The number of nitrogens with zero attached hydrogens (tertiary/aromatic N) is 1. The van der Waals surface area contributed by atoms with E-state index in [1.807, 2.05) is 13.8 Å². The lowest BCUT2D eigenvalue weighted by molar-refractivity contribution is -0.174. The minimum atomic E-state index is -4.09. The van der Waals surface area contributed by atoms with Gasteiger partial charge in [-0.15, -0.1) is 0 Å². The summed E-state index contributed by atoms with van der Waals surface area (Å²) in [5.74, 6) is 0. The summed E-state index contributed by atoms with van der Waals surface area (Å²) in [5, 5.41) is 0. The van der Waals surface area contributed by atoms with E-state index in [2.05, 4.69) is 0 Å². The first kappa shape index (κ1) is 14.3. The maximum absolute atomic E-state index is 11.8. The third kappa shape index (κ3) is 5.41. The van der Waals surface area contributed by atoms with E-state index < -0.39 is 12.2 Å². The van der Waals surface area contributed by atoms with E-state index in [4.69, 9.17) is 0 Å². The second-order valence-corrected chi connectivity index (χ2v) is 2.29. The average Bonchev–Trinajstić information content (AvgIpc) is 2.04. The Hall–Kier alpha value is -0.250. The van der Waals surface area contributed by atoms with Gasteiger partial charge in [-0.1, -0.05) is 20.8 Å². The first-order chi connectivity index (χ1) is 5.39. The van der Waals surface area contributed by atoms with Gasteiger partial charge < -0.3 is 0 Å². The summed E-state index contributed by atoms with van der Waals surface area (Å²) in [6, 6.07) is -1.34. The molecule has 0 fully saturated rings. The van der Waals surface area contributed by atoms with E-state index in [-0.39, 0.29) is 0 Å². The minimum absolute atomic E-state index is 0.417. The molecule has 1 atom stereocenters. The zero-order valence-electron chi connectivity index (χ0n) is 8.37. The van der Waals surface area contributed by atoms with E-state index in [9.17, 15) is 13.2 Å². The van der Waals surface area contributed by atoms with Crippen molar-refractivity contribution in [3.8, 4) is 0 Å². The highest BCUT2D eigenvalue weighted by atomic mass is 19.4. The molecule has 0 saturated heterocycles. The molecule has 0 aromatic carbocycles. The molecule has 0 aliphatic carbocycles. The molecule has 0 bridgehead atoms. The smallest absolute Gasteiger partial charge is 0.296 e. The zero-order valence-corrected chi connectivity index (χ0v) is 8.37. The van der Waals surface area contributed by atoms with Crippen LogP contribution >= 0.6 is 0 Å². The van der Waals surface area contributed by atoms with Gasteiger partial charge in [-0.25, -0.2) is 0 Å². The lowest BCUT2D eigenvalue weighted by Crippen LogP contribution is -2.40. The summed E-state index contributed by atoms with van der Waals surface area (Å²) in [4.78, 5) is 1.25. The molecule has 1 unspecified atom stereocenters. The fourth-order valence-electron chi connectivity index (χ4n) is 0.524. The summed E-state index contributed by atoms with van der Waals surface area (Å²) in [7, 11) is 1.46. The topological polar surface area (TPSA) is 3.24 Å². The van der Waals surface area contributed by atoms with Gasteiger partial charge in [0, 0.05) is 0 Å². The van der Waals surface area contributed by atoms with Crippen LogP contribution in [-0.2, 0) is 0 Å². The molecule has 0 aliphatic heterocycles. The highest BCUT2D eigenvalue weighted by Gasteiger charge is 2.37. The SMILES string of the molecule is CC.CCN(C)C(C)C(F)(F)F. The standard InChI is InChI=1S/C6H12F3N.C2H6/c1-4-10(3)5(2)6(7,8)9;1-2/h5H,4H2,1-3H3;1-2H3. The average molecular weight is 185 g/mol. The second-order valence-electron chi connectivity index (χ2n) is 2.29. The Labute approximate surface area is 72.6 Å². The summed E-state index contributed by atoms with van der Waals surface area (Å²) in [6.45, 7) is 7.27. The number of alkyl halides is 3. The molecule has 0 spiro atoms. The maximum atomic E-state index is 11.8. The van der Waals surface area contributed by atoms with Gasteiger partial charge in [0.1, 0.15) is 6.04 Å². The summed E-state index contributed by atoms with van der Waals surface area (Å²) >= 11 is 0. The lowest BCUT2D eigenvalue weighted by Gasteiger charge is -2.24. The van der Waals surface area contributed by atoms with Crippen LogP contribution in [0.4, 0.5) is 13.2 Å². The van der Waals surface area contributed by atoms with Gasteiger partial charge in [0.15, 0.2) is 0 Å². The van der Waals surface area contributed by atoms with Crippen LogP contribution in [0.3, 0.4) is 0 Å². The predicted octanol–water partition coefficient (Wildman–Crippen LogP) is 2.92. The van der Waals surface area contributed by atoms with Crippen LogP contribution < -0.4 is 0 Å². The fraction of sp³-hybridized carbons (Fsp3) is 1.00. The van der Waals surface area contributed by atoms with Gasteiger partial charge in [0.2, 0.25) is 0 Å². The Morgan fingerprint density at radius 1 is 1.25 bits per heavy atom. The molecule has 0 heterocycles. The van der Waals surface area contributed by atoms with Crippen LogP contribution in [0.15, 0.2) is 0 Å². The van der Waals surface area contributed by atoms with Crippen molar-refractivity contribution in [3.63, 3.8) is 0 Å². The largest absolute Gasteiger partial charge is 0.403 e. The minimum Gasteiger partial charge on any atom is -0.296 e. The molecule has 1 nitrogen and oxygen atoms in total. The molecule has 0 aromatic rings. The van der Waals surface area contributed by atoms with E-state index in [1.54, 1.807) is 6.92 Å². The van der Waals surface area contributed by atoms with Gasteiger partial charge in [-0.05, 0) is 20.5 Å². The van der Waals surface area contributed by atoms with Crippen molar-refractivity contribution in [2.24, 2.45) is 0 Å². The van der Waals surface area contributed by atoms with Crippen molar-refractivity contribution in [3.05, 3.63) is 0 Å². The Balaban J connectivity index is 0. The Bertz CT molecular complexity index is 101. The van der Waals surface area contributed by atoms with Crippen LogP contribution in [0.25, 0.3) is 0 Å². The lowest BCUT2D eigenvalue weighted by atomic mass is 10.3. The normalized spacial score (nSPS) is 13.8. The van der Waals surface area contributed by atoms with Crippen molar-refractivity contribution in [2.75, 3.05) is 13.6 Å². The molecule has 76 valence electrons. The molecular weight excluding hydrogens is 167 g/mol. The molecule has 4 heteroatoms. The van der Waals surface area contributed by atoms with Crippen molar-refractivity contribution in [1.82, 2.24) is 4.90 Å². The Morgan fingerprint density at radius 2 is 1.58 bits per heavy atom. The first-order valence-electron chi connectivity index (χ1n) is 4.16. The molecule has 0 rings (SSSR count). The second kappa shape index (κ2) is 6.29. The molecular formula is C8H18F3N. The van der Waals surface area contributed by atoms with E-state index >= 15 is 0 Å². The summed E-state index contributed by atoms with van der Waals surface area (Å²) < 4.78 is 35.5. The highest BCUT2D eigenvalue weighted by molar-refractivity contribution is 4.69. The quantitative estimate of drug-likeness (QED) is 0.639. The van der Waals surface area contributed by atoms with Gasteiger partial charge in [-0.2, -0.15) is 13.2 Å². The monoisotopic (exact) mass is 185 g/mol. The summed E-state index contributed by atoms with van der Waals surface area (Å²) in [5.41, 5.74) is 0. The van der Waals surface area contributed by atoms with Crippen molar-refractivity contribution in [1.29, 1.82) is 0 Å². The van der Waals surface area contributed by atoms with Crippen molar-refractivity contribution < 1.29 is 13.2 Å². The van der Waals surface area contributed by atoms with Crippen LogP contribution in [0.5, 0.6) is 0 Å². The van der Waals surface area contributed by atoms with Crippen molar-refractivity contribution in [2.45, 2.75) is 39.9 Å². The van der Waals surface area contributed by atoms with E-state index in [0.717, 1.165) is 6.92 Å². The predicted molar refractivity (Wildman–Crippen MR) is 45.2 cm³/mol. The van der Waals surface area contributed by atoms with Crippen LogP contribution in [0.1, 0.15) is 27.7 Å². The van der Waals surface area contributed by atoms with Crippen LogP contribution in [-0.4, -0.2) is 30.7 Å². The number of rotatable bonds is 2.